The monoisotopic (exact) mass is 566 g/mol. The Morgan fingerprint density at radius 2 is 1.80 bits per heavy atom. The zero-order valence-corrected chi connectivity index (χ0v) is 24.2. The van der Waals surface area contributed by atoms with E-state index in [9.17, 15) is 24.0 Å². The molecule has 3 amide bonds. The van der Waals surface area contributed by atoms with Crippen LogP contribution in [0.15, 0.2) is 29.1 Å². The van der Waals surface area contributed by atoms with E-state index in [0.717, 1.165) is 0 Å². The molecule has 0 spiro atoms. The number of aromatic amines is 1. The summed E-state index contributed by atoms with van der Waals surface area (Å²) in [6.45, 7) is 10.6. The highest BCUT2D eigenvalue weighted by molar-refractivity contribution is 5.94. The lowest BCUT2D eigenvalue weighted by molar-refractivity contribution is -0.157. The summed E-state index contributed by atoms with van der Waals surface area (Å²) in [6.07, 6.45) is 3.57. The second-order valence-electron chi connectivity index (χ2n) is 11.6. The number of fused-ring (bicyclic) bond motifs is 4. The van der Waals surface area contributed by atoms with E-state index in [1.807, 2.05) is 13.8 Å². The van der Waals surface area contributed by atoms with Gasteiger partial charge in [-0.05, 0) is 64.2 Å². The molecule has 2 aromatic rings. The molecule has 41 heavy (non-hydrogen) atoms. The van der Waals surface area contributed by atoms with Gasteiger partial charge in [0.2, 0.25) is 11.8 Å². The van der Waals surface area contributed by atoms with Gasteiger partial charge in [-0.3, -0.25) is 29.0 Å². The van der Waals surface area contributed by atoms with Crippen molar-refractivity contribution in [2.45, 2.75) is 78.6 Å². The molecular weight excluding hydrogens is 528 g/mol. The molecule has 1 aromatic carbocycles. The topological polar surface area (TPSA) is 163 Å². The zero-order valence-electron chi connectivity index (χ0n) is 24.2. The van der Waals surface area contributed by atoms with Gasteiger partial charge in [0.05, 0.1) is 16.3 Å². The van der Waals surface area contributed by atoms with E-state index in [1.165, 1.54) is 5.01 Å². The summed E-state index contributed by atoms with van der Waals surface area (Å²) in [5, 5.41) is 7.22. The minimum atomic E-state index is -0.995. The summed E-state index contributed by atoms with van der Waals surface area (Å²) in [7, 11) is 0. The van der Waals surface area contributed by atoms with E-state index in [4.69, 9.17) is 4.74 Å². The molecule has 0 saturated carbocycles. The quantitative estimate of drug-likeness (QED) is 0.379. The maximum Gasteiger partial charge on any atom is 0.325 e. The average molecular weight is 567 g/mol. The number of esters is 1. The Morgan fingerprint density at radius 3 is 2.51 bits per heavy atom. The lowest BCUT2D eigenvalue weighted by Gasteiger charge is -2.35. The number of hydrogen-bond acceptors (Lipinski definition) is 8. The van der Waals surface area contributed by atoms with Crippen molar-refractivity contribution >= 4 is 40.7 Å². The molecule has 4 N–H and O–H groups in total. The summed E-state index contributed by atoms with van der Waals surface area (Å²) >= 11 is 0. The number of nitrogens with zero attached hydrogens (tertiary/aromatic N) is 2. The standard InChI is InChI=1S/C29H38N6O6/c1-15(2)22-25(37)30-16(3)26(38)35-13-7-8-20(34-35)27(39)41-17(4)23-31-21-14-18(9-10-19(21)24(36)33-23)11-12-29(5,6)28(40)32-22/h9-12,14-17,20,22,34H,7-8,13H2,1-6H3,(H,30,37)(H,32,40)(H,31,33,36)/b12-11+/t16-,17?,20?,22-/m0/s1. The summed E-state index contributed by atoms with van der Waals surface area (Å²) in [4.78, 5) is 72.7. The van der Waals surface area contributed by atoms with Gasteiger partial charge in [0.1, 0.15) is 18.1 Å². The number of cyclic esters (lactones) is 1. The Hall–Kier alpha value is -4.06. The molecule has 1 aromatic heterocycles. The van der Waals surface area contributed by atoms with Crippen molar-refractivity contribution < 1.29 is 23.9 Å². The fourth-order valence-corrected chi connectivity index (χ4v) is 4.74. The van der Waals surface area contributed by atoms with Crippen molar-refractivity contribution in [1.82, 2.24) is 31.0 Å². The van der Waals surface area contributed by atoms with Crippen LogP contribution in [0.2, 0.25) is 0 Å². The van der Waals surface area contributed by atoms with Crippen molar-refractivity contribution in [1.29, 1.82) is 0 Å². The largest absolute Gasteiger partial charge is 0.453 e. The van der Waals surface area contributed by atoms with Crippen LogP contribution in [-0.2, 0) is 23.9 Å². The highest BCUT2D eigenvalue weighted by Crippen LogP contribution is 2.23. The van der Waals surface area contributed by atoms with Crippen LogP contribution < -0.4 is 21.6 Å². The molecule has 0 aliphatic carbocycles. The van der Waals surface area contributed by atoms with Crippen LogP contribution in [0.25, 0.3) is 17.0 Å². The van der Waals surface area contributed by atoms with E-state index in [-0.39, 0.29) is 23.2 Å². The molecule has 2 aliphatic heterocycles. The molecule has 12 nitrogen and oxygen atoms in total. The fraction of sp³-hybridized carbons (Fsp3) is 0.517. The van der Waals surface area contributed by atoms with Crippen LogP contribution in [0.5, 0.6) is 0 Å². The van der Waals surface area contributed by atoms with E-state index in [2.05, 4.69) is 26.0 Å². The zero-order chi connectivity index (χ0) is 30.1. The number of nitrogens with one attached hydrogen (secondary N) is 4. The first-order valence-electron chi connectivity index (χ1n) is 13.9. The van der Waals surface area contributed by atoms with Crippen molar-refractivity contribution in [2.24, 2.45) is 11.3 Å². The van der Waals surface area contributed by atoms with E-state index in [1.54, 1.807) is 58.0 Å². The minimum absolute atomic E-state index is 0.183. The van der Waals surface area contributed by atoms with Crippen LogP contribution in [-0.4, -0.2) is 63.3 Å². The Balaban J connectivity index is 1.74. The molecule has 4 rings (SSSR count). The number of H-pyrrole nitrogens is 1. The van der Waals surface area contributed by atoms with Crippen molar-refractivity contribution in [3.05, 3.63) is 46.0 Å². The second kappa shape index (κ2) is 11.8. The maximum absolute atomic E-state index is 13.3. The second-order valence-corrected chi connectivity index (χ2v) is 11.6. The maximum atomic E-state index is 13.3. The number of carbonyl (C=O) groups is 4. The Bertz CT molecular complexity index is 1450. The predicted octanol–water partition coefficient (Wildman–Crippen LogP) is 1.72. The number of ether oxygens (including phenoxy) is 1. The lowest BCUT2D eigenvalue weighted by atomic mass is 9.89. The first-order chi connectivity index (χ1) is 19.3. The van der Waals surface area contributed by atoms with Gasteiger partial charge in [-0.2, -0.15) is 0 Å². The molecule has 2 unspecified atom stereocenters. The number of amides is 3. The van der Waals surface area contributed by atoms with Crippen molar-refractivity contribution in [3.63, 3.8) is 0 Å². The smallest absolute Gasteiger partial charge is 0.325 e. The van der Waals surface area contributed by atoms with E-state index >= 15 is 0 Å². The van der Waals surface area contributed by atoms with Crippen LogP contribution in [0, 0.1) is 11.3 Å². The first-order valence-corrected chi connectivity index (χ1v) is 13.9. The summed E-state index contributed by atoms with van der Waals surface area (Å²) in [6, 6.07) is 2.49. The number of benzene rings is 1. The Morgan fingerprint density at radius 1 is 1.07 bits per heavy atom. The third-order valence-corrected chi connectivity index (χ3v) is 7.41. The van der Waals surface area contributed by atoms with Gasteiger partial charge in [-0.1, -0.05) is 32.1 Å². The fourth-order valence-electron chi connectivity index (χ4n) is 4.74. The van der Waals surface area contributed by atoms with Gasteiger partial charge in [-0.25, -0.2) is 10.4 Å². The Labute approximate surface area is 238 Å². The van der Waals surface area contributed by atoms with Crippen LogP contribution in [0.3, 0.4) is 0 Å². The molecule has 4 atom stereocenters. The molecule has 1 fully saturated rings. The third kappa shape index (κ3) is 6.64. The minimum Gasteiger partial charge on any atom is -0.453 e. The molecule has 3 heterocycles. The number of hydrogen-bond donors (Lipinski definition) is 4. The number of carbonyl (C=O) groups excluding carboxylic acids is 4. The molecular formula is C29H38N6O6. The highest BCUT2D eigenvalue weighted by Gasteiger charge is 2.35. The normalized spacial score (nSPS) is 26.9. The van der Waals surface area contributed by atoms with E-state index in [0.29, 0.717) is 35.9 Å². The Kier molecular flexibility index (Phi) is 8.62. The van der Waals surface area contributed by atoms with Gasteiger partial charge in [0, 0.05) is 6.54 Å². The summed E-state index contributed by atoms with van der Waals surface area (Å²) < 4.78 is 5.63. The predicted molar refractivity (Wildman–Crippen MR) is 152 cm³/mol. The van der Waals surface area contributed by atoms with Gasteiger partial charge in [0.25, 0.3) is 11.5 Å². The molecule has 5 bridgehead atoms. The molecule has 12 heteroatoms. The number of hydrazine groups is 1. The van der Waals surface area contributed by atoms with Gasteiger partial charge < -0.3 is 20.4 Å². The average Bonchev–Trinajstić information content (AvgIpc) is 2.93. The number of rotatable bonds is 1. The molecule has 0 radical (unpaired) electrons. The number of aromatic nitrogens is 2. The SMILES string of the molecule is CC1OC(=O)C2CCCN(N2)C(=O)[C@H](C)NC(=O)[C@H](C(C)C)NC(=O)C(C)(C)/C=C/c2ccc3c(=O)[nH]c1nc3c2. The summed E-state index contributed by atoms with van der Waals surface area (Å²) in [5.74, 6) is -1.94. The van der Waals surface area contributed by atoms with Gasteiger partial charge in [-0.15, -0.1) is 0 Å². The van der Waals surface area contributed by atoms with Crippen molar-refractivity contribution in [3.8, 4) is 0 Å². The first kappa shape index (κ1) is 29.9. The molecule has 220 valence electrons. The summed E-state index contributed by atoms with van der Waals surface area (Å²) in [5.41, 5.74) is 2.65. The van der Waals surface area contributed by atoms with Crippen LogP contribution in [0.4, 0.5) is 0 Å². The third-order valence-electron chi connectivity index (χ3n) is 7.41. The van der Waals surface area contributed by atoms with Gasteiger partial charge >= 0.3 is 5.97 Å². The van der Waals surface area contributed by atoms with Crippen molar-refractivity contribution in [2.75, 3.05) is 6.54 Å². The lowest BCUT2D eigenvalue weighted by Crippen LogP contribution is -2.61. The van der Waals surface area contributed by atoms with Gasteiger partial charge in [0.15, 0.2) is 11.9 Å². The highest BCUT2D eigenvalue weighted by atomic mass is 16.5. The molecule has 2 aliphatic rings. The molecule has 1 saturated heterocycles. The van der Waals surface area contributed by atoms with E-state index < -0.39 is 47.4 Å². The van der Waals surface area contributed by atoms with Crippen LogP contribution >= 0.6 is 0 Å². The van der Waals surface area contributed by atoms with Crippen LogP contribution in [0.1, 0.15) is 71.9 Å².